The number of aromatic nitrogens is 2. The van der Waals surface area contributed by atoms with Gasteiger partial charge in [0.05, 0.1) is 0 Å². The average molecular weight is 177 g/mol. The molecule has 0 aromatic carbocycles. The number of H-pyrrole nitrogens is 1. The predicted octanol–water partition coefficient (Wildman–Crippen LogP) is 0.857. The van der Waals surface area contributed by atoms with Crippen molar-refractivity contribution in [3.05, 3.63) is 17.2 Å². The summed E-state index contributed by atoms with van der Waals surface area (Å²) in [7, 11) is 0. The molecule has 1 aromatic rings. The first kappa shape index (κ1) is 7.80. The standard InChI is InChI=1S/C8H7N3O2/c9-3-5-6(8(12)13)11-7(10-5)4-1-2-4/h4H,1-2H2,(H,10,11)(H,12,13). The summed E-state index contributed by atoms with van der Waals surface area (Å²) < 4.78 is 0. The minimum atomic E-state index is -1.13. The lowest BCUT2D eigenvalue weighted by molar-refractivity contribution is 0.0690. The third kappa shape index (κ3) is 1.26. The normalized spacial score (nSPS) is 15.3. The molecule has 13 heavy (non-hydrogen) atoms. The molecule has 5 heteroatoms. The van der Waals surface area contributed by atoms with Gasteiger partial charge in [0.1, 0.15) is 11.9 Å². The lowest BCUT2D eigenvalue weighted by atomic mass is 10.3. The molecule has 5 nitrogen and oxygen atoms in total. The number of hydrogen-bond donors (Lipinski definition) is 2. The average Bonchev–Trinajstić information content (AvgIpc) is 2.84. The lowest BCUT2D eigenvalue weighted by Crippen LogP contribution is -1.99. The highest BCUT2D eigenvalue weighted by Gasteiger charge is 2.29. The molecular weight excluding hydrogens is 170 g/mol. The number of carboxylic acids is 1. The number of imidazole rings is 1. The monoisotopic (exact) mass is 177 g/mol. The first-order valence-corrected chi connectivity index (χ1v) is 3.95. The van der Waals surface area contributed by atoms with Crippen molar-refractivity contribution >= 4 is 5.97 Å². The van der Waals surface area contributed by atoms with E-state index in [1.54, 1.807) is 6.07 Å². The Kier molecular flexibility index (Phi) is 1.55. The summed E-state index contributed by atoms with van der Waals surface area (Å²) in [5, 5.41) is 17.3. The van der Waals surface area contributed by atoms with Gasteiger partial charge in [0.2, 0.25) is 0 Å². The number of aromatic carboxylic acids is 1. The maximum atomic E-state index is 10.6. The summed E-state index contributed by atoms with van der Waals surface area (Å²) in [5.74, 6) is -0.162. The summed E-state index contributed by atoms with van der Waals surface area (Å²) in [6, 6.07) is 1.76. The van der Waals surface area contributed by atoms with Crippen LogP contribution in [0.25, 0.3) is 0 Å². The van der Waals surface area contributed by atoms with Crippen molar-refractivity contribution in [1.29, 1.82) is 5.26 Å². The van der Waals surface area contributed by atoms with E-state index < -0.39 is 5.97 Å². The van der Waals surface area contributed by atoms with E-state index >= 15 is 0 Å². The fraction of sp³-hybridized carbons (Fsp3) is 0.375. The van der Waals surface area contributed by atoms with Crippen LogP contribution in [0.1, 0.15) is 40.8 Å². The fourth-order valence-corrected chi connectivity index (χ4v) is 1.18. The van der Waals surface area contributed by atoms with Crippen LogP contribution >= 0.6 is 0 Å². The first-order chi connectivity index (χ1) is 6.22. The Bertz CT molecular complexity index is 398. The molecule has 2 N–H and O–H groups in total. The van der Waals surface area contributed by atoms with Gasteiger partial charge in [-0.3, -0.25) is 0 Å². The topological polar surface area (TPSA) is 89.8 Å². The molecule has 0 atom stereocenters. The van der Waals surface area contributed by atoms with Gasteiger partial charge in [-0.25, -0.2) is 9.78 Å². The molecular formula is C8H7N3O2. The van der Waals surface area contributed by atoms with Gasteiger partial charge < -0.3 is 10.1 Å². The van der Waals surface area contributed by atoms with Crippen molar-refractivity contribution in [2.75, 3.05) is 0 Å². The Balaban J connectivity index is 2.43. The van der Waals surface area contributed by atoms with E-state index in [1.807, 2.05) is 0 Å². The van der Waals surface area contributed by atoms with E-state index in [1.165, 1.54) is 0 Å². The number of aromatic amines is 1. The van der Waals surface area contributed by atoms with Gasteiger partial charge in [0, 0.05) is 5.92 Å². The van der Waals surface area contributed by atoms with Gasteiger partial charge in [-0.05, 0) is 12.8 Å². The van der Waals surface area contributed by atoms with E-state index in [9.17, 15) is 4.79 Å². The summed E-state index contributed by atoms with van der Waals surface area (Å²) >= 11 is 0. The molecule has 1 heterocycles. The van der Waals surface area contributed by atoms with E-state index in [4.69, 9.17) is 10.4 Å². The van der Waals surface area contributed by atoms with Crippen LogP contribution in [0.5, 0.6) is 0 Å². The number of rotatable bonds is 2. The molecule has 0 aliphatic heterocycles. The van der Waals surface area contributed by atoms with Crippen LogP contribution in [0.3, 0.4) is 0 Å². The van der Waals surface area contributed by atoms with Crippen molar-refractivity contribution in [3.8, 4) is 6.07 Å². The number of nitriles is 1. The maximum Gasteiger partial charge on any atom is 0.355 e. The molecule has 0 amide bonds. The Hall–Kier alpha value is -1.83. The first-order valence-electron chi connectivity index (χ1n) is 3.95. The summed E-state index contributed by atoms with van der Waals surface area (Å²) in [4.78, 5) is 17.2. The quantitative estimate of drug-likeness (QED) is 0.700. The van der Waals surface area contributed by atoms with Gasteiger partial charge in [-0.2, -0.15) is 5.26 Å². The molecule has 0 radical (unpaired) electrons. The molecule has 66 valence electrons. The smallest absolute Gasteiger partial charge is 0.355 e. The predicted molar refractivity (Wildman–Crippen MR) is 42.2 cm³/mol. The lowest BCUT2D eigenvalue weighted by Gasteiger charge is -1.86. The van der Waals surface area contributed by atoms with Crippen LogP contribution in [0.4, 0.5) is 0 Å². The second-order valence-corrected chi connectivity index (χ2v) is 3.04. The zero-order valence-electron chi connectivity index (χ0n) is 6.74. The van der Waals surface area contributed by atoms with Crippen molar-refractivity contribution in [2.45, 2.75) is 18.8 Å². The summed E-state index contributed by atoms with van der Waals surface area (Å²) in [6.45, 7) is 0. The van der Waals surface area contributed by atoms with Gasteiger partial charge in [0.15, 0.2) is 11.4 Å². The van der Waals surface area contributed by atoms with E-state index in [0.29, 0.717) is 11.7 Å². The molecule has 0 unspecified atom stereocenters. The van der Waals surface area contributed by atoms with E-state index in [0.717, 1.165) is 12.8 Å². The van der Waals surface area contributed by atoms with Gasteiger partial charge >= 0.3 is 5.97 Å². The molecule has 1 fully saturated rings. The molecule has 1 aliphatic carbocycles. The fourth-order valence-electron chi connectivity index (χ4n) is 1.18. The van der Waals surface area contributed by atoms with Crippen LogP contribution in [-0.4, -0.2) is 21.0 Å². The van der Waals surface area contributed by atoms with Crippen molar-refractivity contribution in [3.63, 3.8) is 0 Å². The SMILES string of the molecule is N#Cc1nc(C2CC2)[nH]c1C(=O)O. The van der Waals surface area contributed by atoms with Crippen molar-refractivity contribution < 1.29 is 9.90 Å². The summed E-state index contributed by atoms with van der Waals surface area (Å²) in [6.07, 6.45) is 2.05. The minimum absolute atomic E-state index is 0.0191. The molecule has 0 bridgehead atoms. The number of nitrogens with one attached hydrogen (secondary N) is 1. The van der Waals surface area contributed by atoms with Crippen molar-refractivity contribution in [1.82, 2.24) is 9.97 Å². The van der Waals surface area contributed by atoms with Crippen LogP contribution < -0.4 is 0 Å². The Morgan fingerprint density at radius 3 is 2.77 bits per heavy atom. The van der Waals surface area contributed by atoms with Crippen molar-refractivity contribution in [2.24, 2.45) is 0 Å². The zero-order chi connectivity index (χ0) is 9.42. The molecule has 1 aromatic heterocycles. The molecule has 2 rings (SSSR count). The zero-order valence-corrected chi connectivity index (χ0v) is 6.74. The molecule has 0 spiro atoms. The van der Waals surface area contributed by atoms with E-state index in [2.05, 4.69) is 9.97 Å². The molecule has 0 saturated heterocycles. The highest BCUT2D eigenvalue weighted by molar-refractivity contribution is 5.87. The van der Waals surface area contributed by atoms with Gasteiger partial charge in [-0.1, -0.05) is 0 Å². The van der Waals surface area contributed by atoms with Crippen LogP contribution in [-0.2, 0) is 0 Å². The van der Waals surface area contributed by atoms with Gasteiger partial charge in [0.25, 0.3) is 0 Å². The highest BCUT2D eigenvalue weighted by Crippen LogP contribution is 2.38. The third-order valence-electron chi connectivity index (χ3n) is 2.01. The number of hydrogen-bond acceptors (Lipinski definition) is 3. The Morgan fingerprint density at radius 2 is 2.38 bits per heavy atom. The van der Waals surface area contributed by atoms with Crippen LogP contribution in [0.15, 0.2) is 0 Å². The Labute approximate surface area is 74.0 Å². The molecule has 1 aliphatic rings. The largest absolute Gasteiger partial charge is 0.476 e. The highest BCUT2D eigenvalue weighted by atomic mass is 16.4. The number of carbonyl (C=O) groups is 1. The molecule has 1 saturated carbocycles. The maximum absolute atomic E-state index is 10.6. The number of nitrogens with zero attached hydrogens (tertiary/aromatic N) is 2. The Morgan fingerprint density at radius 1 is 1.69 bits per heavy atom. The summed E-state index contributed by atoms with van der Waals surface area (Å²) in [5.41, 5.74) is -0.112. The van der Waals surface area contributed by atoms with E-state index in [-0.39, 0.29) is 11.4 Å². The van der Waals surface area contributed by atoms with Crippen LogP contribution in [0, 0.1) is 11.3 Å². The van der Waals surface area contributed by atoms with Crippen LogP contribution in [0.2, 0.25) is 0 Å². The second-order valence-electron chi connectivity index (χ2n) is 3.04. The van der Waals surface area contributed by atoms with Gasteiger partial charge in [-0.15, -0.1) is 0 Å². The second kappa shape index (κ2) is 2.59. The third-order valence-corrected chi connectivity index (χ3v) is 2.01. The minimum Gasteiger partial charge on any atom is -0.476 e. The number of carboxylic acid groups (broad SMARTS) is 1.